The lowest BCUT2D eigenvalue weighted by Crippen LogP contribution is -1.88. The van der Waals surface area contributed by atoms with E-state index in [-0.39, 0.29) is 24.8 Å². The monoisotopic (exact) mass is 215 g/mol. The van der Waals surface area contributed by atoms with Gasteiger partial charge in [-0.3, -0.25) is 0 Å². The van der Waals surface area contributed by atoms with Crippen LogP contribution in [0.2, 0.25) is 0 Å². The maximum absolute atomic E-state index is 6.77. The van der Waals surface area contributed by atoms with Gasteiger partial charge in [0.2, 0.25) is 0 Å². The molecule has 1 N–H and O–H groups in total. The van der Waals surface area contributed by atoms with Crippen LogP contribution in [0.5, 0.6) is 0 Å². The van der Waals surface area contributed by atoms with Crippen LogP contribution < -0.4 is 0 Å². The first-order valence-corrected chi connectivity index (χ1v) is 3.89. The van der Waals surface area contributed by atoms with Gasteiger partial charge in [-0.15, -0.1) is 24.8 Å². The summed E-state index contributed by atoms with van der Waals surface area (Å²) in [5.41, 5.74) is 0. The van der Waals surface area contributed by atoms with E-state index in [2.05, 4.69) is 0 Å². The molecule has 0 unspecified atom stereocenters. The Hall–Kier alpha value is 0.210. The van der Waals surface area contributed by atoms with Crippen LogP contribution in [-0.2, 0) is 4.74 Å². The first-order valence-electron chi connectivity index (χ1n) is 3.89. The lowest BCUT2D eigenvalue weighted by atomic mass is 10.2. The quantitative estimate of drug-likeness (QED) is 0.514. The minimum absolute atomic E-state index is 0. The number of unbranched alkanes of at least 4 members (excludes halogenated alkanes) is 4. The molecule has 12 heavy (non-hydrogen) atoms. The molecule has 0 saturated carbocycles. The van der Waals surface area contributed by atoms with Crippen LogP contribution in [0.25, 0.3) is 0 Å². The van der Waals surface area contributed by atoms with Gasteiger partial charge < -0.3 is 10.1 Å². The van der Waals surface area contributed by atoms with Crippen LogP contribution in [0.15, 0.2) is 0 Å². The predicted molar refractivity (Wildman–Crippen MR) is 58.2 cm³/mol. The fourth-order valence-electron chi connectivity index (χ4n) is 0.846. The van der Waals surface area contributed by atoms with Crippen LogP contribution in [0.4, 0.5) is 0 Å². The molecule has 0 rings (SSSR count). The van der Waals surface area contributed by atoms with E-state index in [1.165, 1.54) is 19.1 Å². The summed E-state index contributed by atoms with van der Waals surface area (Å²) >= 11 is 0. The summed E-state index contributed by atoms with van der Waals surface area (Å²) in [4.78, 5) is 0. The van der Waals surface area contributed by atoms with Crippen LogP contribution in [-0.4, -0.2) is 19.9 Å². The van der Waals surface area contributed by atoms with Crippen molar-refractivity contribution in [3.05, 3.63) is 0 Å². The Kier molecular flexibility index (Phi) is 26.1. The number of methoxy groups -OCH3 is 1. The van der Waals surface area contributed by atoms with Crippen LogP contribution in [0.1, 0.15) is 32.1 Å². The number of nitrogens with one attached hydrogen (secondary N) is 1. The molecular formula is C8H19Cl2NO. The van der Waals surface area contributed by atoms with Gasteiger partial charge in [0.15, 0.2) is 0 Å². The van der Waals surface area contributed by atoms with Gasteiger partial charge in [0.1, 0.15) is 0 Å². The molecule has 0 amide bonds. The molecule has 0 fully saturated rings. The first-order chi connectivity index (χ1) is 4.91. The van der Waals surface area contributed by atoms with E-state index in [0.717, 1.165) is 25.9 Å². The number of halogens is 2. The number of ether oxygens (including phenoxy) is 1. The highest BCUT2D eigenvalue weighted by molar-refractivity contribution is 5.85. The van der Waals surface area contributed by atoms with Gasteiger partial charge in [-0.2, -0.15) is 0 Å². The van der Waals surface area contributed by atoms with Crippen molar-refractivity contribution in [2.45, 2.75) is 32.1 Å². The highest BCUT2D eigenvalue weighted by Gasteiger charge is 1.87. The molecule has 0 aromatic rings. The zero-order chi connectivity index (χ0) is 7.66. The molecule has 0 aliphatic heterocycles. The van der Waals surface area contributed by atoms with Gasteiger partial charge in [-0.05, 0) is 25.5 Å². The number of rotatable bonds is 7. The van der Waals surface area contributed by atoms with Crippen molar-refractivity contribution in [3.63, 3.8) is 0 Å². The summed E-state index contributed by atoms with van der Waals surface area (Å²) < 4.78 is 4.90. The minimum atomic E-state index is 0. The second kappa shape index (κ2) is 17.3. The minimum Gasteiger partial charge on any atom is -0.385 e. The Morgan fingerprint density at radius 3 is 2.17 bits per heavy atom. The molecule has 0 saturated heterocycles. The largest absolute Gasteiger partial charge is 0.385 e. The highest BCUT2D eigenvalue weighted by atomic mass is 35.5. The van der Waals surface area contributed by atoms with E-state index in [4.69, 9.17) is 10.1 Å². The van der Waals surface area contributed by atoms with Crippen LogP contribution in [0.3, 0.4) is 0 Å². The third kappa shape index (κ3) is 16.7. The summed E-state index contributed by atoms with van der Waals surface area (Å²) in [5.74, 6) is 0. The van der Waals surface area contributed by atoms with E-state index < -0.39 is 0 Å². The average molecular weight is 216 g/mol. The second-order valence-electron chi connectivity index (χ2n) is 2.40. The summed E-state index contributed by atoms with van der Waals surface area (Å²) in [6.45, 7) is 0.880. The SMILES string of the molecule is COCCCCCCC=N.Cl.Cl. The zero-order valence-electron chi connectivity index (χ0n) is 7.54. The summed E-state index contributed by atoms with van der Waals surface area (Å²) in [6, 6.07) is 0. The van der Waals surface area contributed by atoms with Crippen molar-refractivity contribution < 1.29 is 4.74 Å². The third-order valence-electron chi connectivity index (χ3n) is 1.45. The van der Waals surface area contributed by atoms with E-state index in [9.17, 15) is 0 Å². The molecule has 0 aromatic heterocycles. The standard InChI is InChI=1S/C8H17NO.2ClH/c1-10-8-6-4-2-3-5-7-9;;/h7,9H,2-6,8H2,1H3;2*1H. The van der Waals surface area contributed by atoms with Crippen LogP contribution in [0, 0.1) is 5.41 Å². The molecule has 76 valence electrons. The Bertz CT molecular complexity index is 81.5. The molecular weight excluding hydrogens is 197 g/mol. The van der Waals surface area contributed by atoms with E-state index in [0.29, 0.717) is 0 Å². The number of hydrogen-bond acceptors (Lipinski definition) is 2. The van der Waals surface area contributed by atoms with Gasteiger partial charge >= 0.3 is 0 Å². The summed E-state index contributed by atoms with van der Waals surface area (Å²) in [5, 5.41) is 6.77. The normalized spacial score (nSPS) is 8.08. The van der Waals surface area contributed by atoms with Crippen molar-refractivity contribution in [2.24, 2.45) is 0 Å². The van der Waals surface area contributed by atoms with Gasteiger partial charge in [-0.25, -0.2) is 0 Å². The molecule has 0 aliphatic rings. The Morgan fingerprint density at radius 2 is 1.67 bits per heavy atom. The average Bonchev–Trinajstić information content (AvgIpc) is 1.97. The van der Waals surface area contributed by atoms with Crippen molar-refractivity contribution in [2.75, 3.05) is 13.7 Å². The first kappa shape index (κ1) is 18.1. The van der Waals surface area contributed by atoms with Crippen molar-refractivity contribution in [3.8, 4) is 0 Å². The Balaban J connectivity index is -0.000000405. The maximum Gasteiger partial charge on any atom is 0.0462 e. The smallest absolute Gasteiger partial charge is 0.0462 e. The Labute approximate surface area is 87.4 Å². The molecule has 0 spiro atoms. The zero-order valence-corrected chi connectivity index (χ0v) is 9.18. The highest BCUT2D eigenvalue weighted by Crippen LogP contribution is 2.00. The van der Waals surface area contributed by atoms with Crippen molar-refractivity contribution in [1.29, 1.82) is 5.41 Å². The lowest BCUT2D eigenvalue weighted by molar-refractivity contribution is 0.192. The fourth-order valence-corrected chi connectivity index (χ4v) is 0.846. The van der Waals surface area contributed by atoms with Gasteiger partial charge in [0.05, 0.1) is 0 Å². The predicted octanol–water partition coefficient (Wildman–Crippen LogP) is 3.08. The molecule has 0 atom stereocenters. The Morgan fingerprint density at radius 1 is 1.08 bits per heavy atom. The van der Waals surface area contributed by atoms with Crippen molar-refractivity contribution >= 4 is 31.0 Å². The molecule has 0 bridgehead atoms. The summed E-state index contributed by atoms with van der Waals surface area (Å²) in [7, 11) is 1.73. The van der Waals surface area contributed by atoms with Gasteiger partial charge in [0, 0.05) is 13.7 Å². The molecule has 0 radical (unpaired) electrons. The lowest BCUT2D eigenvalue weighted by Gasteiger charge is -1.97. The fraction of sp³-hybridized carbons (Fsp3) is 0.875. The van der Waals surface area contributed by atoms with E-state index in [1.54, 1.807) is 7.11 Å². The molecule has 0 aromatic carbocycles. The van der Waals surface area contributed by atoms with Crippen molar-refractivity contribution in [1.82, 2.24) is 0 Å². The number of hydrogen-bond donors (Lipinski definition) is 1. The second-order valence-corrected chi connectivity index (χ2v) is 2.40. The molecule has 0 aliphatic carbocycles. The molecule has 4 heteroatoms. The molecule has 0 heterocycles. The van der Waals surface area contributed by atoms with Gasteiger partial charge in [-0.1, -0.05) is 12.8 Å². The van der Waals surface area contributed by atoms with Gasteiger partial charge in [0.25, 0.3) is 0 Å². The maximum atomic E-state index is 6.77. The third-order valence-corrected chi connectivity index (χ3v) is 1.45. The van der Waals surface area contributed by atoms with E-state index in [1.807, 2.05) is 0 Å². The summed E-state index contributed by atoms with van der Waals surface area (Å²) in [6.07, 6.45) is 7.21. The topological polar surface area (TPSA) is 33.1 Å². The van der Waals surface area contributed by atoms with E-state index >= 15 is 0 Å². The van der Waals surface area contributed by atoms with Crippen LogP contribution >= 0.6 is 24.8 Å². The molecule has 2 nitrogen and oxygen atoms in total.